The summed E-state index contributed by atoms with van der Waals surface area (Å²) in [5.41, 5.74) is 4.91. The monoisotopic (exact) mass is 338 g/mol. The van der Waals surface area contributed by atoms with Gasteiger partial charge in [-0.25, -0.2) is 14.4 Å². The molecule has 3 aliphatic rings. The minimum Gasteiger partial charge on any atom is -0.384 e. The van der Waals surface area contributed by atoms with E-state index < -0.39 is 0 Å². The van der Waals surface area contributed by atoms with Crippen molar-refractivity contribution in [3.05, 3.63) is 47.2 Å². The van der Waals surface area contributed by atoms with Gasteiger partial charge in [-0.2, -0.15) is 0 Å². The Morgan fingerprint density at radius 1 is 1.24 bits per heavy atom. The number of anilines is 2. The lowest BCUT2D eigenvalue weighted by Gasteiger charge is -2.40. The highest BCUT2D eigenvalue weighted by Crippen LogP contribution is 2.46. The molecule has 1 unspecified atom stereocenters. The normalized spacial score (nSPS) is 23.4. The second-order valence-corrected chi connectivity index (χ2v) is 7.81. The quantitative estimate of drug-likeness (QED) is 0.862. The molecule has 5 heteroatoms. The average molecular weight is 338 g/mol. The van der Waals surface area contributed by atoms with Gasteiger partial charge in [-0.05, 0) is 55.4 Å². The lowest BCUT2D eigenvalue weighted by Crippen LogP contribution is -2.44. The van der Waals surface area contributed by atoms with E-state index >= 15 is 0 Å². The van der Waals surface area contributed by atoms with Gasteiger partial charge in [0.05, 0.1) is 0 Å². The third kappa shape index (κ3) is 2.25. The standard InChI is InChI=1S/C20H23FN4/c1-13-2-4-17-18(13)19(24-12-23-17)25-8-6-20(7-9-25)11-22-16-5-3-14(21)10-15(16)20/h3,5,10,12-13,22H,2,4,6-9,11H2,1H3. The molecule has 3 heterocycles. The van der Waals surface area contributed by atoms with Gasteiger partial charge in [0, 0.05) is 42.0 Å². The highest BCUT2D eigenvalue weighted by Gasteiger charge is 2.42. The first-order valence-corrected chi connectivity index (χ1v) is 9.29. The van der Waals surface area contributed by atoms with Crippen LogP contribution in [0.1, 0.15) is 48.9 Å². The first kappa shape index (κ1) is 15.1. The van der Waals surface area contributed by atoms with Gasteiger partial charge in [0.1, 0.15) is 18.0 Å². The number of piperidine rings is 1. The molecule has 0 radical (unpaired) electrons. The Hall–Kier alpha value is -2.17. The van der Waals surface area contributed by atoms with Crippen LogP contribution in [0.5, 0.6) is 0 Å². The summed E-state index contributed by atoms with van der Waals surface area (Å²) in [4.78, 5) is 11.5. The van der Waals surface area contributed by atoms with Crippen molar-refractivity contribution < 1.29 is 4.39 Å². The van der Waals surface area contributed by atoms with Crippen LogP contribution in [0.15, 0.2) is 24.5 Å². The van der Waals surface area contributed by atoms with Crippen LogP contribution in [-0.4, -0.2) is 29.6 Å². The van der Waals surface area contributed by atoms with Crippen LogP contribution in [0, 0.1) is 5.82 Å². The molecule has 130 valence electrons. The van der Waals surface area contributed by atoms with Crippen molar-refractivity contribution in [2.24, 2.45) is 0 Å². The van der Waals surface area contributed by atoms with Crippen molar-refractivity contribution in [3.8, 4) is 0 Å². The minimum atomic E-state index is -0.133. The smallest absolute Gasteiger partial charge is 0.135 e. The molecule has 5 rings (SSSR count). The Labute approximate surface area is 147 Å². The van der Waals surface area contributed by atoms with Crippen LogP contribution in [0.2, 0.25) is 0 Å². The van der Waals surface area contributed by atoms with Gasteiger partial charge in [0.2, 0.25) is 0 Å². The molecular formula is C20H23FN4. The summed E-state index contributed by atoms with van der Waals surface area (Å²) >= 11 is 0. The number of fused-ring (bicyclic) bond motifs is 3. The number of hydrogen-bond donors (Lipinski definition) is 1. The zero-order valence-electron chi connectivity index (χ0n) is 14.6. The molecule has 0 bridgehead atoms. The molecule has 0 amide bonds. The van der Waals surface area contributed by atoms with E-state index in [1.165, 1.54) is 17.7 Å². The van der Waals surface area contributed by atoms with Gasteiger partial charge in [-0.1, -0.05) is 6.92 Å². The topological polar surface area (TPSA) is 41.1 Å². The summed E-state index contributed by atoms with van der Waals surface area (Å²) < 4.78 is 13.8. The average Bonchev–Trinajstić information content (AvgIpc) is 3.18. The molecule has 1 aliphatic carbocycles. The number of hydrogen-bond acceptors (Lipinski definition) is 4. The number of nitrogens with zero attached hydrogens (tertiary/aromatic N) is 3. The molecule has 2 aromatic rings. The zero-order chi connectivity index (χ0) is 17.0. The van der Waals surface area contributed by atoms with Crippen LogP contribution in [-0.2, 0) is 11.8 Å². The van der Waals surface area contributed by atoms with Crippen molar-refractivity contribution in [1.82, 2.24) is 9.97 Å². The maximum absolute atomic E-state index is 13.8. The molecule has 1 aromatic heterocycles. The van der Waals surface area contributed by atoms with E-state index in [0.717, 1.165) is 56.0 Å². The van der Waals surface area contributed by atoms with Crippen molar-refractivity contribution in [2.45, 2.75) is 43.9 Å². The summed E-state index contributed by atoms with van der Waals surface area (Å²) in [6.07, 6.45) is 6.03. The van der Waals surface area contributed by atoms with Crippen LogP contribution in [0.3, 0.4) is 0 Å². The summed E-state index contributed by atoms with van der Waals surface area (Å²) in [5, 5.41) is 3.48. The molecule has 4 nitrogen and oxygen atoms in total. The lowest BCUT2D eigenvalue weighted by atomic mass is 9.74. The summed E-state index contributed by atoms with van der Waals surface area (Å²) in [6, 6.07) is 5.16. The third-order valence-electron chi connectivity index (χ3n) is 6.44. The van der Waals surface area contributed by atoms with Gasteiger partial charge in [0.15, 0.2) is 0 Å². The SMILES string of the molecule is CC1CCc2ncnc(N3CCC4(CC3)CNc3ccc(F)cc34)c21. The molecular weight excluding hydrogens is 315 g/mol. The van der Waals surface area contributed by atoms with E-state index in [1.807, 2.05) is 6.07 Å². The number of benzene rings is 1. The van der Waals surface area contributed by atoms with Crippen LogP contribution < -0.4 is 10.2 Å². The maximum atomic E-state index is 13.8. The zero-order valence-corrected chi connectivity index (χ0v) is 14.6. The fourth-order valence-corrected chi connectivity index (χ4v) is 4.94. The fourth-order valence-electron chi connectivity index (χ4n) is 4.94. The molecule has 1 saturated heterocycles. The van der Waals surface area contributed by atoms with E-state index in [2.05, 4.69) is 27.1 Å². The molecule has 1 fully saturated rings. The Kier molecular flexibility index (Phi) is 3.27. The van der Waals surface area contributed by atoms with Gasteiger partial charge in [0.25, 0.3) is 0 Å². The lowest BCUT2D eigenvalue weighted by molar-refractivity contribution is 0.359. The van der Waals surface area contributed by atoms with E-state index in [4.69, 9.17) is 0 Å². The highest BCUT2D eigenvalue weighted by atomic mass is 19.1. The Morgan fingerprint density at radius 3 is 2.92 bits per heavy atom. The van der Waals surface area contributed by atoms with Gasteiger partial charge in [-0.3, -0.25) is 0 Å². The van der Waals surface area contributed by atoms with Gasteiger partial charge < -0.3 is 10.2 Å². The molecule has 0 saturated carbocycles. The summed E-state index contributed by atoms with van der Waals surface area (Å²) in [6.45, 7) is 5.13. The van der Waals surface area contributed by atoms with Gasteiger partial charge in [-0.15, -0.1) is 0 Å². The van der Waals surface area contributed by atoms with Crippen molar-refractivity contribution in [3.63, 3.8) is 0 Å². The van der Waals surface area contributed by atoms with Crippen molar-refractivity contribution >= 4 is 11.5 Å². The molecule has 1 N–H and O–H groups in total. The third-order valence-corrected chi connectivity index (χ3v) is 6.44. The molecule has 1 aromatic carbocycles. The largest absolute Gasteiger partial charge is 0.384 e. The summed E-state index contributed by atoms with van der Waals surface area (Å²) in [5.74, 6) is 1.55. The second-order valence-electron chi connectivity index (χ2n) is 7.81. The van der Waals surface area contributed by atoms with E-state index in [-0.39, 0.29) is 11.2 Å². The maximum Gasteiger partial charge on any atom is 0.135 e. The van der Waals surface area contributed by atoms with E-state index in [0.29, 0.717) is 5.92 Å². The molecule has 25 heavy (non-hydrogen) atoms. The highest BCUT2D eigenvalue weighted by molar-refractivity contribution is 5.61. The van der Waals surface area contributed by atoms with Crippen LogP contribution in [0.25, 0.3) is 0 Å². The minimum absolute atomic E-state index is 0.0652. The number of rotatable bonds is 1. The predicted octanol–water partition coefficient (Wildman–Crippen LogP) is 3.63. The Balaban J connectivity index is 1.42. The molecule has 1 atom stereocenters. The number of nitrogens with one attached hydrogen (secondary N) is 1. The molecule has 2 aliphatic heterocycles. The fraction of sp³-hybridized carbons (Fsp3) is 0.500. The second kappa shape index (κ2) is 5.41. The number of aromatic nitrogens is 2. The Morgan fingerprint density at radius 2 is 2.08 bits per heavy atom. The number of halogens is 1. The predicted molar refractivity (Wildman–Crippen MR) is 96.8 cm³/mol. The summed E-state index contributed by atoms with van der Waals surface area (Å²) in [7, 11) is 0. The van der Waals surface area contributed by atoms with Crippen molar-refractivity contribution in [2.75, 3.05) is 29.9 Å². The van der Waals surface area contributed by atoms with Crippen molar-refractivity contribution in [1.29, 1.82) is 0 Å². The van der Waals surface area contributed by atoms with Crippen LogP contribution >= 0.6 is 0 Å². The van der Waals surface area contributed by atoms with E-state index in [9.17, 15) is 4.39 Å². The van der Waals surface area contributed by atoms with Gasteiger partial charge >= 0.3 is 0 Å². The first-order chi connectivity index (χ1) is 12.2. The number of aryl methyl sites for hydroxylation is 1. The van der Waals surface area contributed by atoms with E-state index in [1.54, 1.807) is 18.5 Å². The first-order valence-electron chi connectivity index (χ1n) is 9.29. The Bertz CT molecular complexity index is 826. The van der Waals surface area contributed by atoms with Crippen LogP contribution in [0.4, 0.5) is 15.9 Å². The molecule has 1 spiro atoms.